The SMILES string of the molecule is CC1c2ccccc2CCN1C(N)=NO. The van der Waals surface area contributed by atoms with Gasteiger partial charge in [-0.3, -0.25) is 0 Å². The van der Waals surface area contributed by atoms with Crippen LogP contribution in [-0.2, 0) is 6.42 Å². The lowest BCUT2D eigenvalue weighted by Crippen LogP contribution is -2.43. The van der Waals surface area contributed by atoms with Crippen LogP contribution in [0.2, 0.25) is 0 Å². The van der Waals surface area contributed by atoms with Gasteiger partial charge < -0.3 is 15.8 Å². The summed E-state index contributed by atoms with van der Waals surface area (Å²) in [6, 6.07) is 8.47. The third-order valence-corrected chi connectivity index (χ3v) is 2.99. The Morgan fingerprint density at radius 3 is 3.00 bits per heavy atom. The highest BCUT2D eigenvalue weighted by molar-refractivity contribution is 5.78. The first-order chi connectivity index (χ1) is 7.24. The number of oxime groups is 1. The Morgan fingerprint density at radius 2 is 2.27 bits per heavy atom. The predicted molar refractivity (Wildman–Crippen MR) is 58.7 cm³/mol. The molecule has 0 fully saturated rings. The Bertz CT molecular complexity index is 389. The summed E-state index contributed by atoms with van der Waals surface area (Å²) in [5.41, 5.74) is 8.23. The average Bonchev–Trinajstić information content (AvgIpc) is 2.29. The number of nitrogens with zero attached hydrogens (tertiary/aromatic N) is 2. The third-order valence-electron chi connectivity index (χ3n) is 2.99. The van der Waals surface area contributed by atoms with Gasteiger partial charge >= 0.3 is 0 Å². The number of hydrogen-bond donors (Lipinski definition) is 2. The molecule has 2 rings (SSSR count). The van der Waals surface area contributed by atoms with Crippen molar-refractivity contribution in [1.29, 1.82) is 0 Å². The van der Waals surface area contributed by atoms with E-state index in [1.807, 2.05) is 17.0 Å². The molecule has 1 atom stereocenters. The van der Waals surface area contributed by atoms with Crippen molar-refractivity contribution in [3.05, 3.63) is 35.4 Å². The van der Waals surface area contributed by atoms with Gasteiger partial charge in [0.15, 0.2) is 0 Å². The lowest BCUT2D eigenvalue weighted by molar-refractivity contribution is 0.270. The molecule has 15 heavy (non-hydrogen) atoms. The third kappa shape index (κ3) is 1.63. The van der Waals surface area contributed by atoms with Gasteiger partial charge in [-0.1, -0.05) is 29.4 Å². The number of hydrogen-bond acceptors (Lipinski definition) is 2. The van der Waals surface area contributed by atoms with E-state index in [-0.39, 0.29) is 12.0 Å². The Hall–Kier alpha value is -1.71. The molecule has 80 valence electrons. The zero-order chi connectivity index (χ0) is 10.8. The van der Waals surface area contributed by atoms with Gasteiger partial charge in [0.05, 0.1) is 6.04 Å². The molecule has 4 heteroatoms. The van der Waals surface area contributed by atoms with E-state index in [0.29, 0.717) is 0 Å². The largest absolute Gasteiger partial charge is 0.408 e. The summed E-state index contributed by atoms with van der Waals surface area (Å²) < 4.78 is 0. The molecule has 1 aromatic rings. The molecule has 1 aliphatic rings. The molecule has 0 radical (unpaired) electrons. The van der Waals surface area contributed by atoms with Crippen LogP contribution in [0.25, 0.3) is 0 Å². The van der Waals surface area contributed by atoms with E-state index in [0.717, 1.165) is 13.0 Å². The first-order valence-electron chi connectivity index (χ1n) is 5.06. The van der Waals surface area contributed by atoms with E-state index < -0.39 is 0 Å². The molecule has 0 aliphatic carbocycles. The number of rotatable bonds is 0. The summed E-state index contributed by atoms with van der Waals surface area (Å²) in [7, 11) is 0. The maximum absolute atomic E-state index is 8.67. The molecular weight excluding hydrogens is 190 g/mol. The Kier molecular flexibility index (Phi) is 2.49. The fourth-order valence-corrected chi connectivity index (χ4v) is 2.14. The predicted octanol–water partition coefficient (Wildman–Crippen LogP) is 1.31. The van der Waals surface area contributed by atoms with Crippen molar-refractivity contribution in [2.24, 2.45) is 10.9 Å². The zero-order valence-corrected chi connectivity index (χ0v) is 8.72. The molecule has 1 heterocycles. The van der Waals surface area contributed by atoms with E-state index in [1.54, 1.807) is 0 Å². The minimum Gasteiger partial charge on any atom is -0.408 e. The van der Waals surface area contributed by atoms with Gasteiger partial charge in [0.2, 0.25) is 5.96 Å². The van der Waals surface area contributed by atoms with Crippen molar-refractivity contribution in [1.82, 2.24) is 4.90 Å². The smallest absolute Gasteiger partial charge is 0.233 e. The van der Waals surface area contributed by atoms with Gasteiger partial charge in [-0.25, -0.2) is 0 Å². The molecule has 0 spiro atoms. The summed E-state index contributed by atoms with van der Waals surface area (Å²) >= 11 is 0. The van der Waals surface area contributed by atoms with Crippen molar-refractivity contribution < 1.29 is 5.21 Å². The molecule has 0 saturated carbocycles. The fourth-order valence-electron chi connectivity index (χ4n) is 2.14. The number of nitrogens with two attached hydrogens (primary N) is 1. The molecule has 1 aliphatic heterocycles. The minimum absolute atomic E-state index is 0.172. The lowest BCUT2D eigenvalue weighted by atomic mass is 9.94. The van der Waals surface area contributed by atoms with Gasteiger partial charge in [0.25, 0.3) is 0 Å². The van der Waals surface area contributed by atoms with Crippen LogP contribution < -0.4 is 5.73 Å². The van der Waals surface area contributed by atoms with E-state index in [4.69, 9.17) is 10.9 Å². The normalized spacial score (nSPS) is 21.3. The van der Waals surface area contributed by atoms with Gasteiger partial charge in [0, 0.05) is 6.54 Å². The molecule has 0 bridgehead atoms. The Morgan fingerprint density at radius 1 is 1.53 bits per heavy atom. The van der Waals surface area contributed by atoms with Gasteiger partial charge in [-0.15, -0.1) is 0 Å². The van der Waals surface area contributed by atoms with Gasteiger partial charge in [-0.05, 0) is 24.5 Å². The molecule has 0 aromatic heterocycles. The van der Waals surface area contributed by atoms with E-state index in [2.05, 4.69) is 24.2 Å². The highest BCUT2D eigenvalue weighted by Crippen LogP contribution is 2.28. The maximum Gasteiger partial charge on any atom is 0.233 e. The van der Waals surface area contributed by atoms with Crippen LogP contribution in [0.4, 0.5) is 0 Å². The molecule has 0 amide bonds. The first kappa shape index (κ1) is 9.83. The van der Waals surface area contributed by atoms with E-state index >= 15 is 0 Å². The fraction of sp³-hybridized carbons (Fsp3) is 0.364. The van der Waals surface area contributed by atoms with Crippen molar-refractivity contribution in [2.75, 3.05) is 6.54 Å². The lowest BCUT2D eigenvalue weighted by Gasteiger charge is -2.35. The Balaban J connectivity index is 2.33. The van der Waals surface area contributed by atoms with Crippen LogP contribution in [0.1, 0.15) is 24.1 Å². The highest BCUT2D eigenvalue weighted by atomic mass is 16.4. The molecule has 0 saturated heterocycles. The summed E-state index contributed by atoms with van der Waals surface area (Å²) in [5.74, 6) is 0.192. The van der Waals surface area contributed by atoms with Gasteiger partial charge in [0.1, 0.15) is 0 Å². The number of fused-ring (bicyclic) bond motifs is 1. The zero-order valence-electron chi connectivity index (χ0n) is 8.72. The summed E-state index contributed by atoms with van der Waals surface area (Å²) in [4.78, 5) is 1.91. The molecule has 4 nitrogen and oxygen atoms in total. The van der Waals surface area contributed by atoms with Crippen LogP contribution in [0, 0.1) is 0 Å². The van der Waals surface area contributed by atoms with Crippen LogP contribution in [0.15, 0.2) is 29.4 Å². The standard InChI is InChI=1S/C11H15N3O/c1-8-10-5-3-2-4-9(10)6-7-14(8)11(12)13-15/h2-5,8,15H,6-7H2,1H3,(H2,12,13). The van der Waals surface area contributed by atoms with Crippen LogP contribution in [-0.4, -0.2) is 22.6 Å². The van der Waals surface area contributed by atoms with Crippen LogP contribution in [0.5, 0.6) is 0 Å². The first-order valence-corrected chi connectivity index (χ1v) is 5.06. The topological polar surface area (TPSA) is 61.8 Å². The molecule has 1 aromatic carbocycles. The minimum atomic E-state index is 0.172. The van der Waals surface area contributed by atoms with Crippen LogP contribution in [0.3, 0.4) is 0 Å². The molecule has 3 N–H and O–H groups in total. The molecule has 1 unspecified atom stereocenters. The monoisotopic (exact) mass is 205 g/mol. The summed E-state index contributed by atoms with van der Waals surface area (Å²) in [6.45, 7) is 2.87. The Labute approximate surface area is 89.0 Å². The van der Waals surface area contributed by atoms with Crippen molar-refractivity contribution in [3.8, 4) is 0 Å². The number of guanidine groups is 1. The van der Waals surface area contributed by atoms with Gasteiger partial charge in [-0.2, -0.15) is 0 Å². The maximum atomic E-state index is 8.67. The van der Waals surface area contributed by atoms with E-state index in [1.165, 1.54) is 11.1 Å². The highest BCUT2D eigenvalue weighted by Gasteiger charge is 2.24. The van der Waals surface area contributed by atoms with E-state index in [9.17, 15) is 0 Å². The summed E-state index contributed by atoms with van der Waals surface area (Å²) in [5, 5.41) is 11.7. The van der Waals surface area contributed by atoms with Crippen molar-refractivity contribution in [3.63, 3.8) is 0 Å². The van der Waals surface area contributed by atoms with Crippen molar-refractivity contribution >= 4 is 5.96 Å². The second kappa shape index (κ2) is 3.81. The van der Waals surface area contributed by atoms with Crippen LogP contribution >= 0.6 is 0 Å². The second-order valence-corrected chi connectivity index (χ2v) is 3.78. The second-order valence-electron chi connectivity index (χ2n) is 3.78. The van der Waals surface area contributed by atoms with Crippen molar-refractivity contribution in [2.45, 2.75) is 19.4 Å². The summed E-state index contributed by atoms with van der Waals surface area (Å²) in [6.07, 6.45) is 0.941. The number of benzene rings is 1. The molecular formula is C11H15N3O. The average molecular weight is 205 g/mol. The quantitative estimate of drug-likeness (QED) is 0.290.